The van der Waals surface area contributed by atoms with Gasteiger partial charge in [0.15, 0.2) is 5.76 Å². The zero-order chi connectivity index (χ0) is 22.0. The van der Waals surface area contributed by atoms with Gasteiger partial charge in [0.1, 0.15) is 0 Å². The number of unbranched alkanes of at least 4 members (excludes halogenated alkanes) is 1. The Morgan fingerprint density at radius 2 is 2.10 bits per heavy atom. The minimum Gasteiger partial charge on any atom is -0.459 e. The maximum atomic E-state index is 13.2. The molecule has 0 atom stereocenters. The van der Waals surface area contributed by atoms with Crippen molar-refractivity contribution in [2.24, 2.45) is 0 Å². The van der Waals surface area contributed by atoms with Crippen LogP contribution in [0.15, 0.2) is 51.9 Å². The van der Waals surface area contributed by atoms with Crippen molar-refractivity contribution in [2.45, 2.75) is 39.7 Å². The number of rotatable bonds is 7. The minimum atomic E-state index is -0.403. The fraction of sp³-hybridized carbons (Fsp3) is 0.273. The lowest BCUT2D eigenvalue weighted by Crippen LogP contribution is -2.31. The molecule has 9 heteroatoms. The summed E-state index contributed by atoms with van der Waals surface area (Å²) in [7, 11) is 0. The molecule has 3 heterocycles. The smallest absolute Gasteiger partial charge is 0.296 e. The van der Waals surface area contributed by atoms with Crippen LogP contribution in [0.2, 0.25) is 5.02 Å². The average Bonchev–Trinajstić information content (AvgIpc) is 3.42. The number of H-pyrrole nitrogens is 1. The molecule has 0 aliphatic carbocycles. The molecule has 1 amide bonds. The largest absolute Gasteiger partial charge is 0.459 e. The lowest BCUT2D eigenvalue weighted by Gasteiger charge is -2.18. The van der Waals surface area contributed by atoms with Crippen LogP contribution in [0.5, 0.6) is 0 Å². The summed E-state index contributed by atoms with van der Waals surface area (Å²) in [6.07, 6.45) is 3.94. The number of hydrogen-bond donors (Lipinski definition) is 1. The fourth-order valence-electron chi connectivity index (χ4n) is 3.40. The molecule has 1 aromatic carbocycles. The predicted octanol–water partition coefficient (Wildman–Crippen LogP) is 4.16. The van der Waals surface area contributed by atoms with Gasteiger partial charge in [0.05, 0.1) is 18.5 Å². The summed E-state index contributed by atoms with van der Waals surface area (Å²) in [6.45, 7) is 4.05. The summed E-state index contributed by atoms with van der Waals surface area (Å²) < 4.78 is 6.58. The van der Waals surface area contributed by atoms with E-state index < -0.39 is 5.91 Å². The quantitative estimate of drug-likeness (QED) is 0.466. The topological polar surface area (TPSA) is 96.5 Å². The number of carbonyl (C=O) groups excluding carboxylic acids is 1. The molecule has 0 unspecified atom stereocenters. The summed E-state index contributed by atoms with van der Waals surface area (Å²) in [6, 6.07) is 10.4. The molecule has 1 N–H and O–H groups in total. The monoisotopic (exact) mass is 439 g/mol. The summed E-state index contributed by atoms with van der Waals surface area (Å²) >= 11 is 6.11. The third-order valence-electron chi connectivity index (χ3n) is 5.03. The van der Waals surface area contributed by atoms with Crippen molar-refractivity contribution in [2.75, 3.05) is 4.90 Å². The molecule has 0 aliphatic heterocycles. The zero-order valence-electron chi connectivity index (χ0n) is 17.3. The van der Waals surface area contributed by atoms with Gasteiger partial charge in [-0.2, -0.15) is 9.50 Å². The standard InChI is InChI=1S/C22H22ClN5O3/c1-3-4-9-17-14(2)24-21-25-22(26-28(21)19(17)29)27(20(30)18-10-6-11-31-18)13-15-7-5-8-16(23)12-15/h5-8,10-12H,3-4,9,13H2,1-2H3,(H,24,25,26). The van der Waals surface area contributed by atoms with Gasteiger partial charge >= 0.3 is 0 Å². The lowest BCUT2D eigenvalue weighted by atomic mass is 10.1. The third kappa shape index (κ3) is 4.25. The molecular formula is C22H22ClN5O3. The molecular weight excluding hydrogens is 418 g/mol. The number of halogens is 1. The first-order chi connectivity index (χ1) is 15.0. The van der Waals surface area contributed by atoms with Crippen LogP contribution in [0.4, 0.5) is 5.95 Å². The number of nitrogens with zero attached hydrogens (tertiary/aromatic N) is 4. The predicted molar refractivity (Wildman–Crippen MR) is 118 cm³/mol. The van der Waals surface area contributed by atoms with E-state index in [4.69, 9.17) is 16.0 Å². The molecule has 0 aliphatic rings. The van der Waals surface area contributed by atoms with Crippen molar-refractivity contribution in [3.63, 3.8) is 0 Å². The molecule has 0 fully saturated rings. The van der Waals surface area contributed by atoms with E-state index >= 15 is 0 Å². The highest BCUT2D eigenvalue weighted by Crippen LogP contribution is 2.20. The third-order valence-corrected chi connectivity index (χ3v) is 5.26. The van der Waals surface area contributed by atoms with E-state index in [1.54, 1.807) is 37.3 Å². The van der Waals surface area contributed by atoms with E-state index in [0.717, 1.165) is 18.4 Å². The van der Waals surface area contributed by atoms with E-state index in [1.807, 2.05) is 6.07 Å². The summed E-state index contributed by atoms with van der Waals surface area (Å²) in [5, 5.41) is 3.50. The maximum Gasteiger partial charge on any atom is 0.296 e. The maximum absolute atomic E-state index is 13.2. The Hall–Kier alpha value is -3.39. The Bertz CT molecular complexity index is 1280. The molecule has 4 aromatic rings. The first-order valence-electron chi connectivity index (χ1n) is 10.1. The molecule has 0 radical (unpaired) electrons. The number of nitrogens with one attached hydrogen (secondary N) is 1. The van der Waals surface area contributed by atoms with Crippen LogP contribution >= 0.6 is 11.6 Å². The van der Waals surface area contributed by atoms with Crippen LogP contribution in [-0.2, 0) is 13.0 Å². The van der Waals surface area contributed by atoms with Crippen LogP contribution in [0.1, 0.15) is 47.1 Å². The fourth-order valence-corrected chi connectivity index (χ4v) is 3.61. The Balaban J connectivity index is 1.79. The van der Waals surface area contributed by atoms with Gasteiger partial charge in [-0.05, 0) is 49.6 Å². The van der Waals surface area contributed by atoms with E-state index in [-0.39, 0.29) is 29.6 Å². The van der Waals surface area contributed by atoms with Crippen molar-refractivity contribution in [3.05, 3.63) is 80.6 Å². The van der Waals surface area contributed by atoms with Crippen molar-refractivity contribution in [1.29, 1.82) is 0 Å². The van der Waals surface area contributed by atoms with Crippen molar-refractivity contribution >= 4 is 29.2 Å². The number of aryl methyl sites for hydroxylation is 1. The second-order valence-electron chi connectivity index (χ2n) is 7.27. The molecule has 0 saturated carbocycles. The Morgan fingerprint density at radius 1 is 1.26 bits per heavy atom. The van der Waals surface area contributed by atoms with E-state index in [2.05, 4.69) is 22.0 Å². The number of fused-ring (bicyclic) bond motifs is 1. The molecule has 4 rings (SSSR count). The van der Waals surface area contributed by atoms with Crippen molar-refractivity contribution < 1.29 is 9.21 Å². The van der Waals surface area contributed by atoms with Gasteiger partial charge in [-0.15, -0.1) is 0 Å². The SMILES string of the molecule is CCCCc1c(C)nc2nc(N(Cc3cccc(Cl)c3)C(=O)c3ccco3)[nH]n2c1=O. The van der Waals surface area contributed by atoms with Crippen LogP contribution in [0.25, 0.3) is 5.78 Å². The Labute approximate surface area is 183 Å². The van der Waals surface area contributed by atoms with Crippen molar-refractivity contribution in [1.82, 2.24) is 19.6 Å². The normalized spacial score (nSPS) is 11.2. The highest BCUT2D eigenvalue weighted by molar-refractivity contribution is 6.30. The van der Waals surface area contributed by atoms with Crippen LogP contribution in [-0.4, -0.2) is 25.5 Å². The van der Waals surface area contributed by atoms with E-state index in [9.17, 15) is 9.59 Å². The average molecular weight is 440 g/mol. The van der Waals surface area contributed by atoms with Gasteiger partial charge < -0.3 is 4.42 Å². The molecule has 0 spiro atoms. The van der Waals surface area contributed by atoms with Crippen LogP contribution < -0.4 is 10.5 Å². The molecule has 31 heavy (non-hydrogen) atoms. The molecule has 0 saturated heterocycles. The molecule has 3 aromatic heterocycles. The van der Waals surface area contributed by atoms with Gasteiger partial charge in [0, 0.05) is 10.6 Å². The van der Waals surface area contributed by atoms with Gasteiger partial charge in [-0.1, -0.05) is 37.1 Å². The number of aromatic amines is 1. The number of hydrogen-bond acceptors (Lipinski definition) is 5. The Morgan fingerprint density at radius 3 is 2.81 bits per heavy atom. The van der Waals surface area contributed by atoms with Crippen LogP contribution in [0.3, 0.4) is 0 Å². The van der Waals surface area contributed by atoms with Gasteiger partial charge in [-0.3, -0.25) is 19.6 Å². The first kappa shape index (κ1) is 20.9. The molecule has 160 valence electrons. The summed E-state index contributed by atoms with van der Waals surface area (Å²) in [4.78, 5) is 36.5. The van der Waals surface area contributed by atoms with Gasteiger partial charge in [0.25, 0.3) is 17.2 Å². The second kappa shape index (κ2) is 8.77. The number of benzene rings is 1. The number of anilines is 1. The summed E-state index contributed by atoms with van der Waals surface area (Å²) in [5.41, 5.74) is 1.89. The first-order valence-corrected chi connectivity index (χ1v) is 10.4. The van der Waals surface area contributed by atoms with Crippen LogP contribution in [0, 0.1) is 6.92 Å². The lowest BCUT2D eigenvalue weighted by molar-refractivity contribution is 0.0956. The summed E-state index contributed by atoms with van der Waals surface area (Å²) in [5.74, 6) is 0.154. The van der Waals surface area contributed by atoms with E-state index in [1.165, 1.54) is 15.7 Å². The molecule has 0 bridgehead atoms. The van der Waals surface area contributed by atoms with Crippen molar-refractivity contribution in [3.8, 4) is 0 Å². The zero-order valence-corrected chi connectivity index (χ0v) is 18.0. The number of amides is 1. The molecule has 8 nitrogen and oxygen atoms in total. The highest BCUT2D eigenvalue weighted by Gasteiger charge is 2.25. The van der Waals surface area contributed by atoms with Gasteiger partial charge in [-0.25, -0.2) is 4.98 Å². The highest BCUT2D eigenvalue weighted by atomic mass is 35.5. The van der Waals surface area contributed by atoms with E-state index in [0.29, 0.717) is 22.7 Å². The second-order valence-corrected chi connectivity index (χ2v) is 7.70. The number of carbonyl (C=O) groups is 1. The van der Waals surface area contributed by atoms with Gasteiger partial charge in [0.2, 0.25) is 5.95 Å². The minimum absolute atomic E-state index is 0.155. The Kier molecular flexibility index (Phi) is 5.90. The number of furan rings is 1. The number of aromatic nitrogens is 4.